The Morgan fingerprint density at radius 2 is 1.93 bits per heavy atom. The molecule has 0 aliphatic heterocycles. The zero-order chi connectivity index (χ0) is 18.8. The molecule has 0 amide bonds. The SMILES string of the molecule is CCNC(=NCc1ncc(C(C)(C)C)o1)NCCCSc1ccccc1.I. The first-order valence-corrected chi connectivity index (χ1v) is 10.1. The largest absolute Gasteiger partial charge is 0.443 e. The number of nitrogens with one attached hydrogen (secondary N) is 2. The summed E-state index contributed by atoms with van der Waals surface area (Å²) in [6.45, 7) is 10.5. The van der Waals surface area contributed by atoms with Crippen molar-refractivity contribution >= 4 is 41.7 Å². The summed E-state index contributed by atoms with van der Waals surface area (Å²) in [5.74, 6) is 3.41. The summed E-state index contributed by atoms with van der Waals surface area (Å²) in [6.07, 6.45) is 2.86. The minimum atomic E-state index is -0.0336. The topological polar surface area (TPSA) is 62.5 Å². The normalized spacial score (nSPS) is 11.8. The minimum Gasteiger partial charge on any atom is -0.443 e. The molecule has 150 valence electrons. The third-order valence-electron chi connectivity index (χ3n) is 3.63. The van der Waals surface area contributed by atoms with Crippen molar-refractivity contribution in [2.75, 3.05) is 18.8 Å². The minimum absolute atomic E-state index is 0. The van der Waals surface area contributed by atoms with Gasteiger partial charge in [0, 0.05) is 23.4 Å². The summed E-state index contributed by atoms with van der Waals surface area (Å²) in [6, 6.07) is 10.5. The number of benzene rings is 1. The van der Waals surface area contributed by atoms with Crippen LogP contribution in [0.3, 0.4) is 0 Å². The molecule has 0 saturated carbocycles. The van der Waals surface area contributed by atoms with Crippen LogP contribution in [0.25, 0.3) is 0 Å². The number of oxazole rings is 1. The molecular weight excluding hydrogens is 471 g/mol. The van der Waals surface area contributed by atoms with E-state index in [0.29, 0.717) is 12.4 Å². The molecular formula is C20H31IN4OS. The van der Waals surface area contributed by atoms with E-state index in [-0.39, 0.29) is 29.4 Å². The van der Waals surface area contributed by atoms with E-state index < -0.39 is 0 Å². The predicted molar refractivity (Wildman–Crippen MR) is 125 cm³/mol. The van der Waals surface area contributed by atoms with Gasteiger partial charge in [0.2, 0.25) is 5.89 Å². The van der Waals surface area contributed by atoms with Gasteiger partial charge in [0.1, 0.15) is 12.3 Å². The Labute approximate surface area is 184 Å². The van der Waals surface area contributed by atoms with E-state index in [9.17, 15) is 0 Å². The molecule has 7 heteroatoms. The van der Waals surface area contributed by atoms with Gasteiger partial charge in [-0.25, -0.2) is 9.98 Å². The van der Waals surface area contributed by atoms with Crippen molar-refractivity contribution in [3.63, 3.8) is 0 Å². The van der Waals surface area contributed by atoms with Crippen LogP contribution in [-0.4, -0.2) is 29.8 Å². The van der Waals surface area contributed by atoms with Crippen LogP contribution >= 0.6 is 35.7 Å². The lowest BCUT2D eigenvalue weighted by Gasteiger charge is -2.13. The molecule has 1 heterocycles. The molecule has 1 aromatic carbocycles. The zero-order valence-corrected chi connectivity index (χ0v) is 19.8. The molecule has 27 heavy (non-hydrogen) atoms. The molecule has 2 rings (SSSR count). The number of rotatable bonds is 8. The maximum Gasteiger partial charge on any atom is 0.216 e. The fourth-order valence-corrected chi connectivity index (χ4v) is 3.08. The molecule has 0 atom stereocenters. The van der Waals surface area contributed by atoms with Crippen LogP contribution in [0.4, 0.5) is 0 Å². The van der Waals surface area contributed by atoms with Crippen LogP contribution < -0.4 is 10.6 Å². The molecule has 1 aromatic heterocycles. The first-order valence-electron chi connectivity index (χ1n) is 9.14. The number of hydrogen-bond donors (Lipinski definition) is 2. The molecule has 5 nitrogen and oxygen atoms in total. The molecule has 0 spiro atoms. The highest BCUT2D eigenvalue weighted by atomic mass is 127. The second-order valence-corrected chi connectivity index (χ2v) is 8.17. The zero-order valence-electron chi connectivity index (χ0n) is 16.6. The summed E-state index contributed by atoms with van der Waals surface area (Å²) in [4.78, 5) is 10.2. The molecule has 2 N–H and O–H groups in total. The van der Waals surface area contributed by atoms with E-state index in [1.165, 1.54) is 4.90 Å². The number of halogens is 1. The number of thioether (sulfide) groups is 1. The van der Waals surface area contributed by atoms with Gasteiger partial charge in [-0.3, -0.25) is 0 Å². The monoisotopic (exact) mass is 502 g/mol. The molecule has 0 bridgehead atoms. The molecule has 0 unspecified atom stereocenters. The van der Waals surface area contributed by atoms with Crippen molar-refractivity contribution in [3.05, 3.63) is 48.2 Å². The fraction of sp³-hybridized carbons (Fsp3) is 0.500. The van der Waals surface area contributed by atoms with E-state index in [0.717, 1.165) is 37.0 Å². The Kier molecular flexibility index (Phi) is 10.8. The third kappa shape index (κ3) is 9.01. The van der Waals surface area contributed by atoms with Gasteiger partial charge in [-0.2, -0.15) is 0 Å². The van der Waals surface area contributed by atoms with Crippen molar-refractivity contribution in [2.24, 2.45) is 4.99 Å². The second-order valence-electron chi connectivity index (χ2n) is 7.01. The number of aromatic nitrogens is 1. The van der Waals surface area contributed by atoms with Gasteiger partial charge in [0.15, 0.2) is 5.96 Å². The van der Waals surface area contributed by atoms with Gasteiger partial charge in [-0.05, 0) is 31.2 Å². The lowest BCUT2D eigenvalue weighted by atomic mass is 9.94. The first kappa shape index (κ1) is 23.8. The van der Waals surface area contributed by atoms with E-state index in [1.54, 1.807) is 6.20 Å². The molecule has 0 radical (unpaired) electrons. The summed E-state index contributed by atoms with van der Waals surface area (Å²) in [5.41, 5.74) is -0.0336. The van der Waals surface area contributed by atoms with E-state index in [2.05, 4.69) is 72.6 Å². The van der Waals surface area contributed by atoms with Crippen LogP contribution in [0, 0.1) is 0 Å². The molecule has 2 aromatic rings. The Morgan fingerprint density at radius 1 is 1.19 bits per heavy atom. The quantitative estimate of drug-likeness (QED) is 0.178. The maximum atomic E-state index is 5.79. The summed E-state index contributed by atoms with van der Waals surface area (Å²) in [5, 5.41) is 6.63. The van der Waals surface area contributed by atoms with Gasteiger partial charge in [-0.15, -0.1) is 35.7 Å². The Morgan fingerprint density at radius 3 is 2.56 bits per heavy atom. The Hall–Kier alpha value is -1.22. The smallest absolute Gasteiger partial charge is 0.216 e. The molecule has 0 aliphatic rings. The Balaban J connectivity index is 0.00000364. The molecule has 0 fully saturated rings. The average molecular weight is 502 g/mol. The van der Waals surface area contributed by atoms with Gasteiger partial charge in [0.25, 0.3) is 0 Å². The van der Waals surface area contributed by atoms with Crippen LogP contribution in [0.5, 0.6) is 0 Å². The maximum absolute atomic E-state index is 5.79. The van der Waals surface area contributed by atoms with Crippen molar-refractivity contribution in [1.82, 2.24) is 15.6 Å². The predicted octanol–water partition coefficient (Wildman–Crippen LogP) is 4.83. The van der Waals surface area contributed by atoms with Gasteiger partial charge in [-0.1, -0.05) is 39.0 Å². The van der Waals surface area contributed by atoms with Crippen LogP contribution in [0.15, 0.2) is 50.8 Å². The standard InChI is InChI=1S/C20H30N4OS.HI/c1-5-21-19(22-12-9-13-26-16-10-7-6-8-11-16)24-15-18-23-14-17(25-18)20(2,3)4;/h6-8,10-11,14H,5,9,12-13,15H2,1-4H3,(H2,21,22,24);1H. The van der Waals surface area contributed by atoms with Crippen molar-refractivity contribution in [2.45, 2.75) is 51.0 Å². The van der Waals surface area contributed by atoms with Crippen molar-refractivity contribution < 1.29 is 4.42 Å². The second kappa shape index (κ2) is 12.3. The average Bonchev–Trinajstić information content (AvgIpc) is 3.09. The number of guanidine groups is 1. The lowest BCUT2D eigenvalue weighted by molar-refractivity contribution is 0.383. The number of nitrogens with zero attached hydrogens (tertiary/aromatic N) is 2. The van der Waals surface area contributed by atoms with Crippen LogP contribution in [0.1, 0.15) is 45.8 Å². The van der Waals surface area contributed by atoms with Crippen LogP contribution in [0.2, 0.25) is 0 Å². The first-order chi connectivity index (χ1) is 12.5. The number of aliphatic imine (C=N–C) groups is 1. The third-order valence-corrected chi connectivity index (χ3v) is 4.73. The van der Waals surface area contributed by atoms with Crippen molar-refractivity contribution in [1.29, 1.82) is 0 Å². The van der Waals surface area contributed by atoms with Gasteiger partial charge in [0.05, 0.1) is 6.20 Å². The summed E-state index contributed by atoms with van der Waals surface area (Å²) >= 11 is 1.88. The van der Waals surface area contributed by atoms with E-state index in [1.807, 2.05) is 17.8 Å². The van der Waals surface area contributed by atoms with Crippen LogP contribution in [-0.2, 0) is 12.0 Å². The highest BCUT2D eigenvalue weighted by molar-refractivity contribution is 14.0. The Bertz CT molecular complexity index is 683. The van der Waals surface area contributed by atoms with E-state index in [4.69, 9.17) is 4.42 Å². The van der Waals surface area contributed by atoms with Crippen molar-refractivity contribution in [3.8, 4) is 0 Å². The highest BCUT2D eigenvalue weighted by Crippen LogP contribution is 2.22. The lowest BCUT2D eigenvalue weighted by Crippen LogP contribution is -2.37. The summed E-state index contributed by atoms with van der Waals surface area (Å²) in [7, 11) is 0. The molecule has 0 saturated heterocycles. The van der Waals surface area contributed by atoms with Gasteiger partial charge >= 0.3 is 0 Å². The highest BCUT2D eigenvalue weighted by Gasteiger charge is 2.18. The van der Waals surface area contributed by atoms with Gasteiger partial charge < -0.3 is 15.1 Å². The number of hydrogen-bond acceptors (Lipinski definition) is 4. The fourth-order valence-electron chi connectivity index (χ4n) is 2.20. The molecule has 0 aliphatic carbocycles. The van der Waals surface area contributed by atoms with E-state index >= 15 is 0 Å². The summed E-state index contributed by atoms with van der Waals surface area (Å²) < 4.78 is 5.79.